The fraction of sp³-hybridized carbons (Fsp3) is 0.429. The van der Waals surface area contributed by atoms with Crippen LogP contribution < -0.4 is 4.74 Å². The van der Waals surface area contributed by atoms with Crippen molar-refractivity contribution in [2.75, 3.05) is 32.8 Å². The molecule has 1 fully saturated rings. The lowest BCUT2D eigenvalue weighted by Gasteiger charge is -2.26. The summed E-state index contributed by atoms with van der Waals surface area (Å²) in [5.74, 6) is -1.22. The molecule has 1 saturated heterocycles. The lowest BCUT2D eigenvalue weighted by atomic mass is 9.95. The van der Waals surface area contributed by atoms with E-state index >= 15 is 0 Å². The highest BCUT2D eigenvalue weighted by Crippen LogP contribution is 2.40. The van der Waals surface area contributed by atoms with Gasteiger partial charge in [0, 0.05) is 24.2 Å². The zero-order chi connectivity index (χ0) is 26.9. The molecule has 3 rings (SSSR count). The maximum Gasteiger partial charge on any atom is 0.295 e. The number of unbranched alkanes of at least 4 members (excludes halogenated alkanes) is 1. The van der Waals surface area contributed by atoms with E-state index in [1.54, 1.807) is 24.3 Å². The minimum absolute atomic E-state index is 0.0348. The van der Waals surface area contributed by atoms with Crippen molar-refractivity contribution >= 4 is 23.1 Å². The number of likely N-dealkylation sites (tertiary alicyclic amines) is 1. The molecule has 1 aliphatic rings. The summed E-state index contributed by atoms with van der Waals surface area (Å²) in [7, 11) is 0. The fourth-order valence-electron chi connectivity index (χ4n) is 4.46. The molecule has 0 spiro atoms. The third-order valence-electron chi connectivity index (χ3n) is 6.60. The van der Waals surface area contributed by atoms with Gasteiger partial charge in [-0.2, -0.15) is 0 Å². The summed E-state index contributed by atoms with van der Waals surface area (Å²) in [6.45, 7) is 9.51. The summed E-state index contributed by atoms with van der Waals surface area (Å²) in [6.07, 6.45) is 2.50. The van der Waals surface area contributed by atoms with Crippen molar-refractivity contribution in [1.29, 1.82) is 0 Å². The first-order chi connectivity index (χ1) is 17.8. The molecule has 0 aromatic heterocycles. The molecule has 2 aromatic rings. The topological polar surface area (TPSA) is 113 Å². The van der Waals surface area contributed by atoms with Crippen LogP contribution in [0.5, 0.6) is 5.75 Å². The van der Waals surface area contributed by atoms with Crippen molar-refractivity contribution in [2.24, 2.45) is 0 Å². The molecule has 0 radical (unpaired) electrons. The molecule has 1 heterocycles. The summed E-state index contributed by atoms with van der Waals surface area (Å²) in [5.41, 5.74) is 0.748. The van der Waals surface area contributed by atoms with E-state index in [-0.39, 0.29) is 17.0 Å². The fourth-order valence-corrected chi connectivity index (χ4v) is 4.46. The van der Waals surface area contributed by atoms with E-state index in [0.717, 1.165) is 32.5 Å². The van der Waals surface area contributed by atoms with E-state index in [4.69, 9.17) is 4.74 Å². The molecular weight excluding hydrogens is 474 g/mol. The van der Waals surface area contributed by atoms with Gasteiger partial charge in [0.25, 0.3) is 17.4 Å². The van der Waals surface area contributed by atoms with Crippen LogP contribution in [0.15, 0.2) is 54.1 Å². The van der Waals surface area contributed by atoms with Gasteiger partial charge in [0.1, 0.15) is 11.5 Å². The monoisotopic (exact) mass is 509 g/mol. The zero-order valence-electron chi connectivity index (χ0n) is 21.7. The Labute approximate surface area is 217 Å². The van der Waals surface area contributed by atoms with E-state index in [1.165, 1.54) is 29.2 Å². The number of carbonyl (C=O) groups excluding carboxylic acids is 2. The molecule has 1 atom stereocenters. The van der Waals surface area contributed by atoms with Gasteiger partial charge in [0.2, 0.25) is 0 Å². The second kappa shape index (κ2) is 13.0. The van der Waals surface area contributed by atoms with Crippen LogP contribution in [0.1, 0.15) is 57.2 Å². The van der Waals surface area contributed by atoms with Gasteiger partial charge < -0.3 is 19.6 Å². The van der Waals surface area contributed by atoms with E-state index in [9.17, 15) is 24.8 Å². The van der Waals surface area contributed by atoms with Crippen LogP contribution in [0.2, 0.25) is 0 Å². The Morgan fingerprint density at radius 1 is 1.08 bits per heavy atom. The number of aliphatic hydroxyl groups excluding tert-OH is 1. The van der Waals surface area contributed by atoms with E-state index in [1.807, 2.05) is 0 Å². The Hall–Kier alpha value is -3.72. The zero-order valence-corrected chi connectivity index (χ0v) is 21.7. The molecule has 0 saturated carbocycles. The SMILES string of the molecule is CCCCOc1cccc(C(O)=C2C(=O)C(=O)N(CCCN(CC)CC)C2c2ccc([N+](=O)[O-])cc2)c1. The van der Waals surface area contributed by atoms with Crippen molar-refractivity contribution in [3.8, 4) is 5.75 Å². The smallest absolute Gasteiger partial charge is 0.295 e. The average molecular weight is 510 g/mol. The van der Waals surface area contributed by atoms with Crippen LogP contribution in [-0.2, 0) is 9.59 Å². The lowest BCUT2D eigenvalue weighted by Crippen LogP contribution is -2.33. The minimum atomic E-state index is -0.859. The van der Waals surface area contributed by atoms with Crippen LogP contribution in [-0.4, -0.2) is 64.3 Å². The van der Waals surface area contributed by atoms with Gasteiger partial charge in [-0.15, -0.1) is 0 Å². The highest BCUT2D eigenvalue weighted by atomic mass is 16.6. The number of non-ortho nitro benzene ring substituents is 1. The van der Waals surface area contributed by atoms with Crippen LogP contribution >= 0.6 is 0 Å². The number of nitro benzene ring substituents is 1. The Kier molecular flexibility index (Phi) is 9.79. The summed E-state index contributed by atoms with van der Waals surface area (Å²) >= 11 is 0. The first-order valence-corrected chi connectivity index (χ1v) is 12.8. The van der Waals surface area contributed by atoms with Crippen molar-refractivity contribution < 1.29 is 24.4 Å². The molecule has 0 aliphatic carbocycles. The predicted octanol–water partition coefficient (Wildman–Crippen LogP) is 4.93. The average Bonchev–Trinajstić information content (AvgIpc) is 3.16. The number of benzene rings is 2. The highest BCUT2D eigenvalue weighted by Gasteiger charge is 2.45. The number of hydrogen-bond donors (Lipinski definition) is 1. The van der Waals surface area contributed by atoms with E-state index in [0.29, 0.717) is 36.4 Å². The van der Waals surface area contributed by atoms with Crippen molar-refractivity contribution in [3.05, 3.63) is 75.3 Å². The van der Waals surface area contributed by atoms with E-state index < -0.39 is 22.7 Å². The Morgan fingerprint density at radius 3 is 2.41 bits per heavy atom. The largest absolute Gasteiger partial charge is 0.507 e. The number of ketones is 1. The first-order valence-electron chi connectivity index (χ1n) is 12.8. The molecular formula is C28H35N3O6. The Bertz CT molecular complexity index is 1140. The Morgan fingerprint density at radius 2 is 1.78 bits per heavy atom. The third kappa shape index (κ3) is 6.54. The molecule has 1 amide bonds. The first kappa shape index (κ1) is 27.9. The van der Waals surface area contributed by atoms with Gasteiger partial charge in [-0.3, -0.25) is 19.7 Å². The number of nitro groups is 1. The number of carbonyl (C=O) groups is 2. The van der Waals surface area contributed by atoms with Crippen LogP contribution in [0.4, 0.5) is 5.69 Å². The molecule has 0 bridgehead atoms. The number of hydrogen-bond acceptors (Lipinski definition) is 7. The second-order valence-corrected chi connectivity index (χ2v) is 8.95. The Balaban J connectivity index is 2.02. The predicted molar refractivity (Wildman–Crippen MR) is 141 cm³/mol. The standard InChI is InChI=1S/C28H35N3O6/c1-4-7-18-37-23-11-8-10-21(19-23)26(32)24-25(20-12-14-22(15-13-20)31(35)36)30(28(34)27(24)33)17-9-16-29(5-2)6-3/h8,10-15,19,25,32H,4-7,9,16-18H2,1-3H3. The number of amides is 1. The molecule has 2 aromatic carbocycles. The maximum absolute atomic E-state index is 13.2. The van der Waals surface area contributed by atoms with Crippen LogP contribution in [0.25, 0.3) is 5.76 Å². The number of aliphatic hydroxyl groups is 1. The van der Waals surface area contributed by atoms with Crippen molar-refractivity contribution in [3.63, 3.8) is 0 Å². The summed E-state index contributed by atoms with van der Waals surface area (Å²) in [6, 6.07) is 11.7. The highest BCUT2D eigenvalue weighted by molar-refractivity contribution is 6.46. The second-order valence-electron chi connectivity index (χ2n) is 8.95. The van der Waals surface area contributed by atoms with Crippen molar-refractivity contribution in [1.82, 2.24) is 9.80 Å². The molecule has 1 N–H and O–H groups in total. The van der Waals surface area contributed by atoms with Gasteiger partial charge in [0.15, 0.2) is 0 Å². The number of rotatable bonds is 13. The molecule has 1 aliphatic heterocycles. The van der Waals surface area contributed by atoms with Gasteiger partial charge in [-0.05, 0) is 62.3 Å². The molecule has 1 unspecified atom stereocenters. The third-order valence-corrected chi connectivity index (χ3v) is 6.60. The molecule has 9 nitrogen and oxygen atoms in total. The molecule has 37 heavy (non-hydrogen) atoms. The van der Waals surface area contributed by atoms with Crippen LogP contribution in [0.3, 0.4) is 0 Å². The van der Waals surface area contributed by atoms with Crippen LogP contribution in [0, 0.1) is 10.1 Å². The summed E-state index contributed by atoms with van der Waals surface area (Å²) < 4.78 is 5.75. The number of nitrogens with zero attached hydrogens (tertiary/aromatic N) is 3. The molecule has 9 heteroatoms. The van der Waals surface area contributed by atoms with Gasteiger partial charge in [-0.25, -0.2) is 0 Å². The van der Waals surface area contributed by atoms with Gasteiger partial charge in [0.05, 0.1) is 23.1 Å². The van der Waals surface area contributed by atoms with Crippen molar-refractivity contribution in [2.45, 2.75) is 46.1 Å². The lowest BCUT2D eigenvalue weighted by molar-refractivity contribution is -0.384. The number of Topliss-reactive ketones (excluding diaryl/α,β-unsaturated/α-hetero) is 1. The van der Waals surface area contributed by atoms with Gasteiger partial charge in [-0.1, -0.05) is 39.3 Å². The number of ether oxygens (including phenoxy) is 1. The van der Waals surface area contributed by atoms with Gasteiger partial charge >= 0.3 is 0 Å². The molecule has 198 valence electrons. The normalized spacial score (nSPS) is 17.0. The van der Waals surface area contributed by atoms with E-state index in [2.05, 4.69) is 25.7 Å². The maximum atomic E-state index is 13.2. The summed E-state index contributed by atoms with van der Waals surface area (Å²) in [4.78, 5) is 40.7. The quantitative estimate of drug-likeness (QED) is 0.102. The minimum Gasteiger partial charge on any atom is -0.507 e. The summed E-state index contributed by atoms with van der Waals surface area (Å²) in [5, 5.41) is 22.5.